The van der Waals surface area contributed by atoms with Gasteiger partial charge in [-0.05, 0) is 43.2 Å². The maximum Gasteiger partial charge on any atom is 0.475 e. The van der Waals surface area contributed by atoms with Gasteiger partial charge >= 0.3 is 19.2 Å². The molecule has 2 aromatic rings. The van der Waals surface area contributed by atoms with E-state index >= 15 is 0 Å². The lowest BCUT2D eigenvalue weighted by Gasteiger charge is -2.45. The summed E-state index contributed by atoms with van der Waals surface area (Å²) in [5, 5.41) is 9.67. The Morgan fingerprint density at radius 2 is 1.53 bits per heavy atom. The fourth-order valence-electron chi connectivity index (χ4n) is 6.03. The van der Waals surface area contributed by atoms with Crippen LogP contribution in [-0.4, -0.2) is 90.7 Å². The Morgan fingerprint density at radius 1 is 0.925 bits per heavy atom. The maximum atomic E-state index is 14.3. The van der Waals surface area contributed by atoms with Gasteiger partial charge in [0.25, 0.3) is 11.1 Å². The minimum Gasteiger partial charge on any atom is -0.408 e. The third-order valence-corrected chi connectivity index (χ3v) is 21.7. The van der Waals surface area contributed by atoms with Crippen molar-refractivity contribution in [3.05, 3.63) is 65.7 Å². The lowest BCUT2D eigenvalue weighted by Crippen LogP contribution is -2.55. The van der Waals surface area contributed by atoms with Gasteiger partial charge in [-0.1, -0.05) is 41.5 Å². The lowest BCUT2D eigenvalue weighted by atomic mass is 10.0. The van der Waals surface area contributed by atoms with Gasteiger partial charge < -0.3 is 23.4 Å². The van der Waals surface area contributed by atoms with Gasteiger partial charge in [0, 0.05) is 36.9 Å². The average molecular weight is 803 g/mol. The van der Waals surface area contributed by atoms with Gasteiger partial charge in [-0.2, -0.15) is 0 Å². The molecule has 5 rings (SSSR count). The summed E-state index contributed by atoms with van der Waals surface area (Å²) in [6.07, 6.45) is -4.66. The van der Waals surface area contributed by atoms with E-state index in [0.29, 0.717) is 0 Å². The second-order valence-corrected chi connectivity index (χ2v) is 28.2. The van der Waals surface area contributed by atoms with Crippen molar-refractivity contribution >= 4 is 24.5 Å². The number of aromatic nitrogens is 4. The molecular formula is C33H55N4O13PSi2. The van der Waals surface area contributed by atoms with E-state index in [9.17, 15) is 28.8 Å². The molecule has 0 amide bonds. The summed E-state index contributed by atoms with van der Waals surface area (Å²) in [6, 6.07) is 1.23. The molecular weight excluding hydrogens is 748 g/mol. The molecule has 3 aliphatic rings. The molecule has 2 aromatic heterocycles. The van der Waals surface area contributed by atoms with E-state index in [1.165, 1.54) is 34.5 Å². The van der Waals surface area contributed by atoms with Gasteiger partial charge in [-0.3, -0.25) is 42.3 Å². The molecule has 17 nitrogen and oxygen atoms in total. The summed E-state index contributed by atoms with van der Waals surface area (Å²) < 4.78 is 61.4. The van der Waals surface area contributed by atoms with Crippen molar-refractivity contribution in [3.63, 3.8) is 0 Å². The smallest absolute Gasteiger partial charge is 0.408 e. The summed E-state index contributed by atoms with van der Waals surface area (Å²) in [5.41, 5.74) is -2.23. The van der Waals surface area contributed by atoms with E-state index in [4.69, 9.17) is 31.9 Å². The molecule has 3 N–H and O–H groups in total. The van der Waals surface area contributed by atoms with Crippen molar-refractivity contribution in [1.82, 2.24) is 19.1 Å². The Balaban J connectivity index is 1.50. The van der Waals surface area contributed by atoms with Crippen LogP contribution in [0.1, 0.15) is 72.4 Å². The highest BCUT2D eigenvalue weighted by Crippen LogP contribution is 2.58. The number of aryl methyl sites for hydroxylation is 1. The van der Waals surface area contributed by atoms with Crippen LogP contribution in [0.15, 0.2) is 37.6 Å². The van der Waals surface area contributed by atoms with Crippen LogP contribution in [-0.2, 0) is 36.5 Å². The molecule has 3 fully saturated rings. The third-order valence-electron chi connectivity index (χ3n) is 11.2. The first-order valence-corrected chi connectivity index (χ1v) is 25.2. The predicted octanol–water partition coefficient (Wildman–Crippen LogP) is 3.65. The molecule has 9 atom stereocenters. The molecule has 0 saturated carbocycles. The highest BCUT2D eigenvalue weighted by atomic mass is 31.2. The number of phosphoric acid groups is 1. The summed E-state index contributed by atoms with van der Waals surface area (Å²) in [4.78, 5) is 54.5. The molecule has 53 heavy (non-hydrogen) atoms. The van der Waals surface area contributed by atoms with Crippen LogP contribution < -0.4 is 22.5 Å². The summed E-state index contributed by atoms with van der Waals surface area (Å²) >= 11 is 0. The molecule has 3 saturated heterocycles. The quantitative estimate of drug-likeness (QED) is 0.232. The first-order valence-electron chi connectivity index (χ1n) is 17.9. The second-order valence-electron chi connectivity index (χ2n) is 17.1. The van der Waals surface area contributed by atoms with Crippen molar-refractivity contribution in [1.29, 1.82) is 0 Å². The van der Waals surface area contributed by atoms with Gasteiger partial charge in [0.1, 0.15) is 42.9 Å². The van der Waals surface area contributed by atoms with Crippen LogP contribution in [0.3, 0.4) is 0 Å². The summed E-state index contributed by atoms with van der Waals surface area (Å²) in [5.74, 6) is 0. The zero-order valence-corrected chi connectivity index (χ0v) is 35.3. The molecule has 20 heteroatoms. The lowest BCUT2D eigenvalue weighted by molar-refractivity contribution is -0.106. The summed E-state index contributed by atoms with van der Waals surface area (Å²) in [7, 11) is -9.56. The van der Waals surface area contributed by atoms with Gasteiger partial charge in [0.2, 0.25) is 0 Å². The van der Waals surface area contributed by atoms with Crippen LogP contribution in [0.5, 0.6) is 0 Å². The number of rotatable bonds is 10. The number of aliphatic hydroxyl groups excluding tert-OH is 1. The number of phosphoric ester groups is 1. The van der Waals surface area contributed by atoms with E-state index in [2.05, 4.69) is 77.7 Å². The number of ether oxygens (including phenoxy) is 2. The molecule has 298 valence electrons. The first kappa shape index (κ1) is 41.9. The highest BCUT2D eigenvalue weighted by molar-refractivity contribution is 7.48. The average Bonchev–Trinajstić information content (AvgIpc) is 3.57. The Morgan fingerprint density at radius 3 is 2.11 bits per heavy atom. The molecule has 0 spiro atoms. The number of nitrogens with zero attached hydrogens (tertiary/aromatic N) is 2. The Labute approximate surface area is 310 Å². The second kappa shape index (κ2) is 15.0. The highest BCUT2D eigenvalue weighted by Gasteiger charge is 2.58. The van der Waals surface area contributed by atoms with Crippen molar-refractivity contribution in [2.75, 3.05) is 13.2 Å². The Bertz CT molecular complexity index is 1930. The van der Waals surface area contributed by atoms with Crippen LogP contribution in [0, 0.1) is 6.92 Å². The van der Waals surface area contributed by atoms with Gasteiger partial charge in [-0.25, -0.2) is 14.2 Å². The zero-order valence-electron chi connectivity index (χ0n) is 32.4. The topological polar surface area (TPSA) is 212 Å². The minimum absolute atomic E-state index is 0.0192. The molecule has 3 aliphatic heterocycles. The van der Waals surface area contributed by atoms with E-state index in [1.54, 1.807) is 0 Å². The maximum absolute atomic E-state index is 14.3. The fourth-order valence-corrected chi connectivity index (χ4v) is 10.2. The van der Waals surface area contributed by atoms with Crippen molar-refractivity contribution in [3.8, 4) is 0 Å². The van der Waals surface area contributed by atoms with E-state index < -0.39 is 103 Å². The largest absolute Gasteiger partial charge is 0.475 e. The van der Waals surface area contributed by atoms with E-state index in [1.807, 2.05) is 0 Å². The first-order chi connectivity index (χ1) is 24.4. The van der Waals surface area contributed by atoms with Crippen LogP contribution >= 0.6 is 7.82 Å². The Kier molecular flexibility index (Phi) is 11.8. The molecule has 0 unspecified atom stereocenters. The number of hydrogen-bond donors (Lipinski definition) is 3. The number of aliphatic hydroxyl groups is 1. The summed E-state index contributed by atoms with van der Waals surface area (Å²) in [6.45, 7) is 21.9. The number of aromatic amines is 2. The van der Waals surface area contributed by atoms with Gasteiger partial charge in [0.05, 0.1) is 13.2 Å². The minimum atomic E-state index is -4.38. The van der Waals surface area contributed by atoms with Crippen molar-refractivity contribution < 1.29 is 41.6 Å². The number of hydrogen-bond acceptors (Lipinski definition) is 13. The zero-order chi connectivity index (χ0) is 39.5. The predicted molar refractivity (Wildman–Crippen MR) is 199 cm³/mol. The van der Waals surface area contributed by atoms with Crippen molar-refractivity contribution in [2.45, 2.75) is 147 Å². The van der Waals surface area contributed by atoms with Crippen molar-refractivity contribution in [2.24, 2.45) is 0 Å². The molecule has 0 radical (unpaired) electrons. The number of nitrogens with one attached hydrogen (secondary N) is 2. The fraction of sp³-hybridized carbons (Fsp3) is 0.758. The van der Waals surface area contributed by atoms with Gasteiger partial charge in [-0.15, -0.1) is 0 Å². The monoisotopic (exact) mass is 802 g/mol. The SMILES string of the molecule is Cc1cn([C@H]2C[C@H](O[P@@]3(=O)OCC[C@@H]([C@H]4O[C@@H](n5ccc(=O)[nH]c5=O)[C@H](O[Si](C)(C)C(C)(C)C)[C@@H]4O[Si](C)(C)C(C)(C)C)O3)[C@@H](CO)O2)c(=O)[nH]c1=O. The van der Waals surface area contributed by atoms with Crippen LogP contribution in [0.25, 0.3) is 0 Å². The molecule has 0 bridgehead atoms. The molecule has 0 aliphatic carbocycles. The normalized spacial score (nSPS) is 31.6. The van der Waals surface area contributed by atoms with Crippen LogP contribution in [0.4, 0.5) is 0 Å². The van der Waals surface area contributed by atoms with E-state index in [-0.39, 0.29) is 35.1 Å². The molecule has 0 aromatic carbocycles. The molecule has 5 heterocycles. The standard InChI is InChI=1S/C33H55N4O13PSi2/c1-19-17-37(31(42)35-28(19)40)24-16-21(22(18-38)45-24)48-51(43)44-15-13-20(47-51)25-26(49-52(8,9)32(2,3)4)27(50-53(10,11)33(5,6)7)29(46-25)36-14-12-23(39)34-30(36)41/h12,14,17,20-22,24-27,29,38H,13,15-16,18H2,1-11H3,(H,34,39,41)(H,35,40,42)/t20-,21-,22+,24+,25+,26+,27+,29+,51-/m0/s1. The van der Waals surface area contributed by atoms with Crippen LogP contribution in [0.2, 0.25) is 36.3 Å². The Hall–Kier alpha value is -2.30. The van der Waals surface area contributed by atoms with E-state index in [0.717, 1.165) is 0 Å². The van der Waals surface area contributed by atoms with Gasteiger partial charge in [0.15, 0.2) is 22.9 Å². The third kappa shape index (κ3) is 8.75. The number of H-pyrrole nitrogens is 2.